The summed E-state index contributed by atoms with van der Waals surface area (Å²) in [6.45, 7) is 5.62. The van der Waals surface area contributed by atoms with Crippen LogP contribution in [0.2, 0.25) is 0 Å². The van der Waals surface area contributed by atoms with Gasteiger partial charge in [0.1, 0.15) is 17.1 Å². The standard InChI is InChI=1S/C17H19N3O4/c1-17(2,3)24-16(22)18-9-10-7-8-13(23-10)11-5-4-6-12-14(11)20-15(21)19-12/h4-8H,9H2,1-3H3,(H,18,22)(H2,19,20,21). The Morgan fingerprint density at radius 1 is 1.21 bits per heavy atom. The van der Waals surface area contributed by atoms with E-state index in [0.717, 1.165) is 5.56 Å². The number of carbonyl (C=O) groups is 1. The van der Waals surface area contributed by atoms with E-state index in [1.807, 2.05) is 18.2 Å². The number of amides is 1. The minimum Gasteiger partial charge on any atom is -0.459 e. The van der Waals surface area contributed by atoms with Gasteiger partial charge in [0, 0.05) is 5.56 Å². The summed E-state index contributed by atoms with van der Waals surface area (Å²) in [5.41, 5.74) is 1.35. The number of hydrogen-bond acceptors (Lipinski definition) is 4. The minimum atomic E-state index is -0.547. The highest BCUT2D eigenvalue weighted by Gasteiger charge is 2.16. The molecule has 0 unspecified atom stereocenters. The number of aromatic amines is 2. The molecule has 0 spiro atoms. The number of nitrogens with one attached hydrogen (secondary N) is 3. The molecular weight excluding hydrogens is 310 g/mol. The van der Waals surface area contributed by atoms with Crippen LogP contribution in [-0.4, -0.2) is 21.7 Å². The van der Waals surface area contributed by atoms with Crippen LogP contribution in [0.3, 0.4) is 0 Å². The van der Waals surface area contributed by atoms with Crippen molar-refractivity contribution in [2.75, 3.05) is 0 Å². The summed E-state index contributed by atoms with van der Waals surface area (Å²) < 4.78 is 10.9. The van der Waals surface area contributed by atoms with Gasteiger partial charge in [0.05, 0.1) is 17.6 Å². The van der Waals surface area contributed by atoms with Crippen LogP contribution in [0, 0.1) is 0 Å². The minimum absolute atomic E-state index is 0.217. The number of rotatable bonds is 3. The number of hydrogen-bond donors (Lipinski definition) is 3. The highest BCUT2D eigenvalue weighted by molar-refractivity contribution is 5.90. The van der Waals surface area contributed by atoms with Crippen LogP contribution < -0.4 is 11.0 Å². The smallest absolute Gasteiger partial charge is 0.408 e. The van der Waals surface area contributed by atoms with Crippen LogP contribution in [0.15, 0.2) is 39.5 Å². The summed E-state index contributed by atoms with van der Waals surface area (Å²) in [4.78, 5) is 28.6. The van der Waals surface area contributed by atoms with Crippen molar-refractivity contribution in [3.8, 4) is 11.3 Å². The number of furan rings is 1. The van der Waals surface area contributed by atoms with E-state index in [-0.39, 0.29) is 12.2 Å². The molecule has 0 radical (unpaired) electrons. The van der Waals surface area contributed by atoms with Gasteiger partial charge in [-0.15, -0.1) is 0 Å². The molecule has 0 saturated heterocycles. The summed E-state index contributed by atoms with van der Waals surface area (Å²) in [6.07, 6.45) is -0.502. The first-order valence-electron chi connectivity index (χ1n) is 7.59. The molecule has 7 heteroatoms. The Morgan fingerprint density at radius 3 is 2.75 bits per heavy atom. The van der Waals surface area contributed by atoms with E-state index in [9.17, 15) is 9.59 Å². The molecule has 7 nitrogen and oxygen atoms in total. The normalized spacial score (nSPS) is 11.6. The summed E-state index contributed by atoms with van der Waals surface area (Å²) in [7, 11) is 0. The Morgan fingerprint density at radius 2 is 2.00 bits per heavy atom. The first-order valence-corrected chi connectivity index (χ1v) is 7.59. The summed E-state index contributed by atoms with van der Waals surface area (Å²) in [6, 6.07) is 9.08. The molecule has 126 valence electrons. The highest BCUT2D eigenvalue weighted by atomic mass is 16.6. The average molecular weight is 329 g/mol. The fourth-order valence-electron chi connectivity index (χ4n) is 2.35. The summed E-state index contributed by atoms with van der Waals surface area (Å²) >= 11 is 0. The number of ether oxygens (including phenoxy) is 1. The SMILES string of the molecule is CC(C)(C)OC(=O)NCc1ccc(-c2cccc3[nH]c(=O)[nH]c23)o1. The van der Waals surface area contributed by atoms with Gasteiger partial charge in [-0.05, 0) is 45.0 Å². The number of alkyl carbamates (subject to hydrolysis) is 1. The molecule has 3 aromatic rings. The maximum Gasteiger partial charge on any atom is 0.408 e. The molecule has 0 fully saturated rings. The van der Waals surface area contributed by atoms with E-state index in [1.54, 1.807) is 32.9 Å². The lowest BCUT2D eigenvalue weighted by Crippen LogP contribution is -2.32. The van der Waals surface area contributed by atoms with Crippen molar-refractivity contribution in [2.24, 2.45) is 0 Å². The van der Waals surface area contributed by atoms with Crippen molar-refractivity contribution in [3.63, 3.8) is 0 Å². The molecule has 2 aromatic heterocycles. The van der Waals surface area contributed by atoms with Gasteiger partial charge in [0.25, 0.3) is 0 Å². The predicted molar refractivity (Wildman–Crippen MR) is 89.7 cm³/mol. The van der Waals surface area contributed by atoms with Gasteiger partial charge < -0.3 is 24.4 Å². The van der Waals surface area contributed by atoms with E-state index in [0.29, 0.717) is 22.6 Å². The zero-order chi connectivity index (χ0) is 17.3. The number of aromatic nitrogens is 2. The molecule has 0 saturated carbocycles. The maximum atomic E-state index is 11.7. The van der Waals surface area contributed by atoms with Crippen molar-refractivity contribution in [2.45, 2.75) is 32.9 Å². The lowest BCUT2D eigenvalue weighted by molar-refractivity contribution is 0.0520. The molecular formula is C17H19N3O4. The van der Waals surface area contributed by atoms with Crippen molar-refractivity contribution in [3.05, 3.63) is 46.6 Å². The first-order chi connectivity index (χ1) is 11.3. The predicted octanol–water partition coefficient (Wildman–Crippen LogP) is 3.14. The maximum absolute atomic E-state index is 11.7. The third-order valence-corrected chi connectivity index (χ3v) is 3.28. The molecule has 0 aliphatic rings. The second-order valence-electron chi connectivity index (χ2n) is 6.43. The van der Waals surface area contributed by atoms with Crippen LogP contribution in [0.25, 0.3) is 22.4 Å². The first kappa shape index (κ1) is 15.9. The average Bonchev–Trinajstić information content (AvgIpc) is 3.08. The van der Waals surface area contributed by atoms with Crippen LogP contribution in [0.4, 0.5) is 4.79 Å². The number of carbonyl (C=O) groups excluding carboxylic acids is 1. The van der Waals surface area contributed by atoms with E-state index in [1.165, 1.54) is 0 Å². The monoisotopic (exact) mass is 329 g/mol. The Balaban J connectivity index is 1.76. The molecule has 1 amide bonds. The largest absolute Gasteiger partial charge is 0.459 e. The molecule has 0 atom stereocenters. The van der Waals surface area contributed by atoms with E-state index < -0.39 is 11.7 Å². The Labute approximate surface area is 138 Å². The summed E-state index contributed by atoms with van der Waals surface area (Å²) in [5.74, 6) is 1.20. The fourth-order valence-corrected chi connectivity index (χ4v) is 2.35. The topological polar surface area (TPSA) is 100 Å². The zero-order valence-corrected chi connectivity index (χ0v) is 13.7. The van der Waals surface area contributed by atoms with Gasteiger partial charge in [-0.1, -0.05) is 6.07 Å². The molecule has 0 aliphatic carbocycles. The Bertz CT molecular complexity index is 927. The molecule has 0 aliphatic heterocycles. The number of H-pyrrole nitrogens is 2. The van der Waals surface area contributed by atoms with Gasteiger partial charge >= 0.3 is 11.8 Å². The second kappa shape index (κ2) is 5.92. The van der Waals surface area contributed by atoms with Crippen LogP contribution in [0.5, 0.6) is 0 Å². The number of imidazole rings is 1. The van der Waals surface area contributed by atoms with Gasteiger partial charge in [0.15, 0.2) is 0 Å². The zero-order valence-electron chi connectivity index (χ0n) is 13.7. The Hall–Kier alpha value is -2.96. The fraction of sp³-hybridized carbons (Fsp3) is 0.294. The van der Waals surface area contributed by atoms with Crippen LogP contribution in [-0.2, 0) is 11.3 Å². The second-order valence-corrected chi connectivity index (χ2v) is 6.43. The van der Waals surface area contributed by atoms with Crippen molar-refractivity contribution < 1.29 is 13.9 Å². The number of fused-ring (bicyclic) bond motifs is 1. The number of benzene rings is 1. The van der Waals surface area contributed by atoms with Crippen LogP contribution >= 0.6 is 0 Å². The van der Waals surface area contributed by atoms with Crippen molar-refractivity contribution in [1.29, 1.82) is 0 Å². The third kappa shape index (κ3) is 3.51. The van der Waals surface area contributed by atoms with Gasteiger partial charge in [-0.3, -0.25) is 0 Å². The van der Waals surface area contributed by atoms with E-state index in [2.05, 4.69) is 15.3 Å². The van der Waals surface area contributed by atoms with Gasteiger partial charge in [-0.2, -0.15) is 0 Å². The molecule has 3 rings (SSSR count). The van der Waals surface area contributed by atoms with Crippen molar-refractivity contribution >= 4 is 17.1 Å². The molecule has 2 heterocycles. The van der Waals surface area contributed by atoms with Crippen LogP contribution in [0.1, 0.15) is 26.5 Å². The van der Waals surface area contributed by atoms with Gasteiger partial charge in [0.2, 0.25) is 0 Å². The summed E-state index contributed by atoms with van der Waals surface area (Å²) in [5, 5.41) is 2.64. The highest BCUT2D eigenvalue weighted by Crippen LogP contribution is 2.27. The van der Waals surface area contributed by atoms with Gasteiger partial charge in [-0.25, -0.2) is 9.59 Å². The molecule has 3 N–H and O–H groups in total. The molecule has 24 heavy (non-hydrogen) atoms. The molecule has 0 bridgehead atoms. The van der Waals surface area contributed by atoms with E-state index in [4.69, 9.17) is 9.15 Å². The lowest BCUT2D eigenvalue weighted by atomic mass is 10.1. The third-order valence-electron chi connectivity index (χ3n) is 3.28. The lowest BCUT2D eigenvalue weighted by Gasteiger charge is -2.19. The quantitative estimate of drug-likeness (QED) is 0.687. The van der Waals surface area contributed by atoms with Crippen molar-refractivity contribution in [1.82, 2.24) is 15.3 Å². The van der Waals surface area contributed by atoms with E-state index >= 15 is 0 Å². The molecule has 1 aromatic carbocycles. The number of para-hydroxylation sites is 1. The Kier molecular flexibility index (Phi) is 3.92.